The summed E-state index contributed by atoms with van der Waals surface area (Å²) in [5, 5.41) is 13.2. The van der Waals surface area contributed by atoms with Crippen LogP contribution in [0.3, 0.4) is 0 Å². The molecular formula is C37H35FN3OPt-. The Bertz CT molecular complexity index is 1980. The maximum absolute atomic E-state index is 15.3. The number of halogens is 1. The summed E-state index contributed by atoms with van der Waals surface area (Å²) in [6.45, 7) is 15.0. The molecule has 0 atom stereocenters. The van der Waals surface area contributed by atoms with Crippen LogP contribution in [0.2, 0.25) is 0 Å². The molecule has 6 rings (SSSR count). The summed E-state index contributed by atoms with van der Waals surface area (Å²) in [5.41, 5.74) is 7.02. The van der Waals surface area contributed by atoms with E-state index in [0.29, 0.717) is 17.2 Å². The molecule has 0 saturated heterocycles. The van der Waals surface area contributed by atoms with Gasteiger partial charge in [-0.15, -0.1) is 23.3 Å². The van der Waals surface area contributed by atoms with Crippen molar-refractivity contribution in [3.63, 3.8) is 0 Å². The molecule has 222 valence electrons. The number of fused-ring (bicyclic) bond motifs is 3. The van der Waals surface area contributed by atoms with Gasteiger partial charge in [-0.05, 0) is 58.0 Å². The van der Waals surface area contributed by atoms with Crippen molar-refractivity contribution in [3.05, 3.63) is 108 Å². The van der Waals surface area contributed by atoms with Gasteiger partial charge in [0.2, 0.25) is 0 Å². The number of pyridine rings is 2. The molecule has 0 radical (unpaired) electrons. The normalized spacial score (nSPS) is 12.1. The van der Waals surface area contributed by atoms with E-state index >= 15 is 4.39 Å². The fourth-order valence-electron chi connectivity index (χ4n) is 5.60. The van der Waals surface area contributed by atoms with Gasteiger partial charge in [0, 0.05) is 44.9 Å². The van der Waals surface area contributed by atoms with E-state index in [1.165, 1.54) is 17.7 Å². The molecule has 0 saturated carbocycles. The van der Waals surface area contributed by atoms with E-state index in [9.17, 15) is 5.11 Å². The molecule has 0 aliphatic carbocycles. The Balaban J connectivity index is 0.00000368. The Hall–Kier alpha value is -3.82. The fraction of sp³-hybridized carbons (Fsp3) is 0.243. The Morgan fingerprint density at radius 1 is 0.814 bits per heavy atom. The van der Waals surface area contributed by atoms with Crippen LogP contribution < -0.4 is 0 Å². The van der Waals surface area contributed by atoms with Gasteiger partial charge in [-0.25, -0.2) is 9.37 Å². The fourth-order valence-corrected chi connectivity index (χ4v) is 5.60. The predicted octanol–water partition coefficient (Wildman–Crippen LogP) is 9.45. The average molecular weight is 752 g/mol. The molecule has 6 aromatic rings. The standard InChI is InChI=1S/C37H35FN3O.Pt/c1-22-11-10-12-25(35(22)42)26-21-33-28(20-29(26)37(5,6)7)27-17-23(36(2,3)4)14-15-32(27)41(33)34-19-24(38)18-31(40-34)30-13-8-9-16-39-30;/h8-20,42H,1-7H3;/q-1;. The molecular weight excluding hydrogens is 717 g/mol. The number of aromatic nitrogens is 3. The van der Waals surface area contributed by atoms with Crippen molar-refractivity contribution < 1.29 is 30.6 Å². The minimum Gasteiger partial charge on any atom is -0.517 e. The molecule has 0 aliphatic rings. The number of para-hydroxylation sites is 1. The molecule has 0 spiro atoms. The van der Waals surface area contributed by atoms with E-state index in [1.54, 1.807) is 6.20 Å². The summed E-state index contributed by atoms with van der Waals surface area (Å²) in [5.74, 6) is 0.278. The number of phenolic OH excluding ortho intramolecular Hbond substituents is 1. The minimum absolute atomic E-state index is 0. The number of nitrogens with zero attached hydrogens (tertiary/aromatic N) is 3. The van der Waals surface area contributed by atoms with E-state index in [0.717, 1.165) is 44.1 Å². The molecule has 6 heteroatoms. The number of hydrogen-bond acceptors (Lipinski definition) is 3. The van der Waals surface area contributed by atoms with Crippen molar-refractivity contribution in [3.8, 4) is 34.1 Å². The monoisotopic (exact) mass is 751 g/mol. The van der Waals surface area contributed by atoms with Crippen molar-refractivity contribution >= 4 is 21.8 Å². The SMILES string of the molecule is Cc1cccc(-c2[c-]c3c(cc2C(C)(C)C)c2cc(C(C)(C)C)ccc2n3-c2cc(F)cc(-c3ccccn3)n2)c1O.[Pt]. The first kappa shape index (κ1) is 30.6. The molecule has 3 aromatic heterocycles. The first-order valence-electron chi connectivity index (χ1n) is 14.3. The van der Waals surface area contributed by atoms with Crippen LogP contribution in [0.15, 0.2) is 79.0 Å². The second-order valence-electron chi connectivity index (χ2n) is 13.1. The summed E-state index contributed by atoms with van der Waals surface area (Å²) < 4.78 is 17.2. The summed E-state index contributed by atoms with van der Waals surface area (Å²) in [6, 6.07) is 26.5. The average Bonchev–Trinajstić information content (AvgIpc) is 3.26. The van der Waals surface area contributed by atoms with Crippen molar-refractivity contribution in [2.24, 2.45) is 0 Å². The first-order chi connectivity index (χ1) is 19.8. The molecule has 1 N–H and O–H groups in total. The zero-order valence-corrected chi connectivity index (χ0v) is 27.8. The molecule has 0 bridgehead atoms. The number of aromatic hydroxyl groups is 1. The third-order valence-electron chi connectivity index (χ3n) is 7.92. The predicted molar refractivity (Wildman–Crippen MR) is 170 cm³/mol. The number of aryl methyl sites for hydroxylation is 1. The Kier molecular flexibility index (Phi) is 7.85. The van der Waals surface area contributed by atoms with E-state index in [-0.39, 0.29) is 37.6 Å². The Morgan fingerprint density at radius 2 is 1.58 bits per heavy atom. The first-order valence-corrected chi connectivity index (χ1v) is 14.3. The van der Waals surface area contributed by atoms with Crippen LogP contribution in [-0.2, 0) is 31.9 Å². The van der Waals surface area contributed by atoms with Crippen LogP contribution in [0, 0.1) is 18.8 Å². The molecule has 0 aliphatic heterocycles. The molecule has 4 nitrogen and oxygen atoms in total. The number of rotatable bonds is 3. The van der Waals surface area contributed by atoms with Crippen LogP contribution in [0.25, 0.3) is 50.1 Å². The summed E-state index contributed by atoms with van der Waals surface area (Å²) >= 11 is 0. The zero-order chi connectivity index (χ0) is 30.0. The van der Waals surface area contributed by atoms with Gasteiger partial charge in [0.05, 0.1) is 17.1 Å². The molecule has 0 unspecified atom stereocenters. The van der Waals surface area contributed by atoms with Crippen molar-refractivity contribution in [1.29, 1.82) is 0 Å². The van der Waals surface area contributed by atoms with Crippen molar-refractivity contribution in [2.75, 3.05) is 0 Å². The molecule has 43 heavy (non-hydrogen) atoms. The minimum atomic E-state index is -0.398. The molecule has 0 amide bonds. The van der Waals surface area contributed by atoms with Gasteiger partial charge >= 0.3 is 0 Å². The maximum atomic E-state index is 15.3. The van der Waals surface area contributed by atoms with Crippen LogP contribution in [0.4, 0.5) is 4.39 Å². The largest absolute Gasteiger partial charge is 0.517 e. The third-order valence-corrected chi connectivity index (χ3v) is 7.92. The van der Waals surface area contributed by atoms with Gasteiger partial charge in [0.15, 0.2) is 0 Å². The number of benzene rings is 3. The van der Waals surface area contributed by atoms with E-state index < -0.39 is 5.82 Å². The quantitative estimate of drug-likeness (QED) is 0.184. The van der Waals surface area contributed by atoms with Gasteiger partial charge in [-0.3, -0.25) is 4.98 Å². The maximum Gasteiger partial charge on any atom is 0.139 e. The van der Waals surface area contributed by atoms with E-state index in [4.69, 9.17) is 4.98 Å². The molecule has 3 aromatic carbocycles. The summed E-state index contributed by atoms with van der Waals surface area (Å²) in [7, 11) is 0. The van der Waals surface area contributed by atoms with Crippen molar-refractivity contribution in [2.45, 2.75) is 59.3 Å². The van der Waals surface area contributed by atoms with Crippen LogP contribution in [0.1, 0.15) is 58.2 Å². The number of hydrogen-bond donors (Lipinski definition) is 1. The second kappa shape index (κ2) is 11.0. The van der Waals surface area contributed by atoms with Gasteiger partial charge < -0.3 is 9.67 Å². The Labute approximate surface area is 266 Å². The Morgan fingerprint density at radius 3 is 2.26 bits per heavy atom. The van der Waals surface area contributed by atoms with Gasteiger partial charge in [-0.1, -0.05) is 88.9 Å². The summed E-state index contributed by atoms with van der Waals surface area (Å²) in [4.78, 5) is 9.33. The molecule has 0 fully saturated rings. The summed E-state index contributed by atoms with van der Waals surface area (Å²) in [6.07, 6.45) is 1.68. The number of phenols is 1. The van der Waals surface area contributed by atoms with Crippen molar-refractivity contribution in [1.82, 2.24) is 14.5 Å². The van der Waals surface area contributed by atoms with E-state index in [1.807, 2.05) is 47.9 Å². The van der Waals surface area contributed by atoms with E-state index in [2.05, 4.69) is 76.9 Å². The molecule has 3 heterocycles. The van der Waals surface area contributed by atoms with Gasteiger partial charge in [-0.2, -0.15) is 0 Å². The topological polar surface area (TPSA) is 50.9 Å². The van der Waals surface area contributed by atoms with Crippen LogP contribution in [0.5, 0.6) is 5.75 Å². The zero-order valence-electron chi connectivity index (χ0n) is 25.5. The smallest absolute Gasteiger partial charge is 0.139 e. The van der Waals surface area contributed by atoms with Crippen LogP contribution >= 0.6 is 0 Å². The van der Waals surface area contributed by atoms with Crippen LogP contribution in [-0.4, -0.2) is 19.6 Å². The third kappa shape index (κ3) is 5.52. The van der Waals surface area contributed by atoms with Gasteiger partial charge in [0.25, 0.3) is 0 Å². The second-order valence-corrected chi connectivity index (χ2v) is 13.1. The van der Waals surface area contributed by atoms with Gasteiger partial charge in [0.1, 0.15) is 11.6 Å².